The molecule has 1 unspecified atom stereocenters. The molecule has 2 nitrogen and oxygen atoms in total. The van der Waals surface area contributed by atoms with Gasteiger partial charge in [-0.25, -0.2) is 8.78 Å². The molecule has 1 rings (SSSR count). The minimum atomic E-state index is -0.425. The number of rotatable bonds is 7. The van der Waals surface area contributed by atoms with E-state index >= 15 is 0 Å². The van der Waals surface area contributed by atoms with Crippen LogP contribution < -0.4 is 5.32 Å². The second kappa shape index (κ2) is 6.96. The van der Waals surface area contributed by atoms with Crippen molar-refractivity contribution in [2.24, 2.45) is 5.41 Å². The lowest BCUT2D eigenvalue weighted by atomic mass is 9.89. The maximum atomic E-state index is 13.5. The Bertz CT molecular complexity index is 407. The lowest BCUT2D eigenvalue weighted by molar-refractivity contribution is 0.147. The SMILES string of the molecule is CC(NCCCC(C)(C)CO)c1cc(F)ccc1F. The molecule has 0 aliphatic rings. The second-order valence-electron chi connectivity index (χ2n) is 5.77. The summed E-state index contributed by atoms with van der Waals surface area (Å²) < 4.78 is 26.6. The molecule has 0 aliphatic heterocycles. The topological polar surface area (TPSA) is 32.3 Å². The van der Waals surface area contributed by atoms with Crippen LogP contribution in [0.15, 0.2) is 18.2 Å². The Morgan fingerprint density at radius 1 is 1.32 bits per heavy atom. The van der Waals surface area contributed by atoms with E-state index in [2.05, 4.69) is 5.32 Å². The fraction of sp³-hybridized carbons (Fsp3) is 0.600. The van der Waals surface area contributed by atoms with E-state index in [1.54, 1.807) is 0 Å². The first kappa shape index (κ1) is 16.1. The molecule has 1 atom stereocenters. The quantitative estimate of drug-likeness (QED) is 0.745. The number of benzene rings is 1. The van der Waals surface area contributed by atoms with Gasteiger partial charge in [0.05, 0.1) is 0 Å². The van der Waals surface area contributed by atoms with Crippen LogP contribution in [0.5, 0.6) is 0 Å². The summed E-state index contributed by atoms with van der Waals surface area (Å²) in [6.45, 7) is 6.68. The first-order valence-electron chi connectivity index (χ1n) is 6.65. The van der Waals surface area contributed by atoms with E-state index in [1.807, 2.05) is 20.8 Å². The van der Waals surface area contributed by atoms with Crippen molar-refractivity contribution in [3.05, 3.63) is 35.4 Å². The molecule has 1 aromatic rings. The van der Waals surface area contributed by atoms with Gasteiger partial charge in [0.25, 0.3) is 0 Å². The summed E-state index contributed by atoms with van der Waals surface area (Å²) in [5.74, 6) is -0.816. The van der Waals surface area contributed by atoms with Gasteiger partial charge in [-0.05, 0) is 49.9 Å². The smallest absolute Gasteiger partial charge is 0.128 e. The highest BCUT2D eigenvalue weighted by Gasteiger charge is 2.16. The number of aliphatic hydroxyl groups excluding tert-OH is 1. The lowest BCUT2D eigenvalue weighted by Crippen LogP contribution is -2.24. The first-order chi connectivity index (χ1) is 8.85. The number of nitrogens with one attached hydrogen (secondary N) is 1. The van der Waals surface area contributed by atoms with Gasteiger partial charge < -0.3 is 10.4 Å². The molecule has 0 amide bonds. The molecule has 0 radical (unpaired) electrons. The van der Waals surface area contributed by atoms with Crippen molar-refractivity contribution in [2.45, 2.75) is 39.7 Å². The van der Waals surface area contributed by atoms with Crippen LogP contribution in [-0.2, 0) is 0 Å². The van der Waals surface area contributed by atoms with Gasteiger partial charge in [0.2, 0.25) is 0 Å². The summed E-state index contributed by atoms with van der Waals surface area (Å²) in [5, 5.41) is 12.3. The zero-order valence-electron chi connectivity index (χ0n) is 11.8. The average Bonchev–Trinajstić information content (AvgIpc) is 2.37. The van der Waals surface area contributed by atoms with Crippen molar-refractivity contribution < 1.29 is 13.9 Å². The molecule has 19 heavy (non-hydrogen) atoms. The Balaban J connectivity index is 2.43. The average molecular weight is 271 g/mol. The fourth-order valence-corrected chi connectivity index (χ4v) is 1.92. The number of halogens is 2. The van der Waals surface area contributed by atoms with E-state index in [9.17, 15) is 8.78 Å². The van der Waals surface area contributed by atoms with Crippen LogP contribution in [-0.4, -0.2) is 18.3 Å². The predicted octanol–water partition coefficient (Wildman–Crippen LogP) is 3.41. The van der Waals surface area contributed by atoms with E-state index < -0.39 is 11.6 Å². The molecule has 4 heteroatoms. The van der Waals surface area contributed by atoms with Crippen molar-refractivity contribution in [2.75, 3.05) is 13.2 Å². The lowest BCUT2D eigenvalue weighted by Gasteiger charge is -2.22. The van der Waals surface area contributed by atoms with Crippen LogP contribution in [0.1, 0.15) is 45.2 Å². The molecular weight excluding hydrogens is 248 g/mol. The molecule has 0 spiro atoms. The number of hydrogen-bond donors (Lipinski definition) is 2. The number of hydrogen-bond acceptors (Lipinski definition) is 2. The van der Waals surface area contributed by atoms with Crippen LogP contribution in [0.25, 0.3) is 0 Å². The van der Waals surface area contributed by atoms with Gasteiger partial charge in [-0.3, -0.25) is 0 Å². The third-order valence-electron chi connectivity index (χ3n) is 3.33. The van der Waals surface area contributed by atoms with Crippen LogP contribution in [0.3, 0.4) is 0 Å². The van der Waals surface area contributed by atoms with Gasteiger partial charge in [-0.2, -0.15) is 0 Å². The van der Waals surface area contributed by atoms with Gasteiger partial charge in [0.15, 0.2) is 0 Å². The summed E-state index contributed by atoms with van der Waals surface area (Å²) in [7, 11) is 0. The summed E-state index contributed by atoms with van der Waals surface area (Å²) >= 11 is 0. The zero-order chi connectivity index (χ0) is 14.5. The van der Waals surface area contributed by atoms with E-state index in [1.165, 1.54) is 6.07 Å². The molecule has 0 heterocycles. The monoisotopic (exact) mass is 271 g/mol. The molecule has 1 aromatic carbocycles. The van der Waals surface area contributed by atoms with E-state index in [4.69, 9.17) is 5.11 Å². The predicted molar refractivity (Wildman–Crippen MR) is 72.9 cm³/mol. The molecular formula is C15H23F2NO. The molecule has 0 bridgehead atoms. The van der Waals surface area contributed by atoms with Gasteiger partial charge in [-0.15, -0.1) is 0 Å². The van der Waals surface area contributed by atoms with Crippen LogP contribution >= 0.6 is 0 Å². The third kappa shape index (κ3) is 5.25. The summed E-state index contributed by atoms with van der Waals surface area (Å²) in [4.78, 5) is 0. The fourth-order valence-electron chi connectivity index (χ4n) is 1.92. The van der Waals surface area contributed by atoms with Crippen LogP contribution in [0, 0.1) is 17.0 Å². The van der Waals surface area contributed by atoms with Gasteiger partial charge in [0.1, 0.15) is 11.6 Å². The largest absolute Gasteiger partial charge is 0.396 e. The highest BCUT2D eigenvalue weighted by molar-refractivity contribution is 5.21. The Morgan fingerprint density at radius 2 is 2.00 bits per heavy atom. The summed E-state index contributed by atoms with van der Waals surface area (Å²) in [5.41, 5.74) is 0.260. The molecule has 0 aromatic heterocycles. The number of aliphatic hydroxyl groups is 1. The van der Waals surface area contributed by atoms with Crippen molar-refractivity contribution in [3.63, 3.8) is 0 Å². The second-order valence-corrected chi connectivity index (χ2v) is 5.77. The van der Waals surface area contributed by atoms with Crippen molar-refractivity contribution in [1.29, 1.82) is 0 Å². The Kier molecular flexibility index (Phi) is 5.88. The van der Waals surface area contributed by atoms with Crippen LogP contribution in [0.2, 0.25) is 0 Å². The van der Waals surface area contributed by atoms with Crippen molar-refractivity contribution >= 4 is 0 Å². The van der Waals surface area contributed by atoms with Gasteiger partial charge >= 0.3 is 0 Å². The van der Waals surface area contributed by atoms with E-state index in [0.717, 1.165) is 25.0 Å². The zero-order valence-corrected chi connectivity index (χ0v) is 11.8. The Hall–Kier alpha value is -1.00. The van der Waals surface area contributed by atoms with E-state index in [-0.39, 0.29) is 18.1 Å². The normalized spacial score (nSPS) is 13.6. The molecule has 0 saturated heterocycles. The maximum absolute atomic E-state index is 13.5. The first-order valence-corrected chi connectivity index (χ1v) is 6.65. The Labute approximate surface area is 113 Å². The summed E-state index contributed by atoms with van der Waals surface area (Å²) in [6.07, 6.45) is 1.77. The Morgan fingerprint density at radius 3 is 2.63 bits per heavy atom. The molecule has 0 saturated carbocycles. The molecule has 0 aliphatic carbocycles. The minimum absolute atomic E-state index is 0.0883. The maximum Gasteiger partial charge on any atom is 0.128 e. The highest BCUT2D eigenvalue weighted by Crippen LogP contribution is 2.21. The molecule has 0 fully saturated rings. The van der Waals surface area contributed by atoms with E-state index in [0.29, 0.717) is 12.1 Å². The standard InChI is InChI=1S/C15H23F2NO/c1-11(13-9-12(16)5-6-14(13)17)18-8-4-7-15(2,3)10-19/h5-6,9,11,18-19H,4,7-8,10H2,1-3H3. The molecule has 2 N–H and O–H groups in total. The van der Waals surface area contributed by atoms with Crippen LogP contribution in [0.4, 0.5) is 8.78 Å². The minimum Gasteiger partial charge on any atom is -0.396 e. The molecule has 108 valence electrons. The van der Waals surface area contributed by atoms with Gasteiger partial charge in [-0.1, -0.05) is 13.8 Å². The van der Waals surface area contributed by atoms with Crippen molar-refractivity contribution in [1.82, 2.24) is 5.32 Å². The van der Waals surface area contributed by atoms with Gasteiger partial charge in [0, 0.05) is 18.2 Å². The third-order valence-corrected chi connectivity index (χ3v) is 3.33. The highest BCUT2D eigenvalue weighted by atomic mass is 19.1. The summed E-state index contributed by atoms with van der Waals surface area (Å²) in [6, 6.07) is 3.27. The van der Waals surface area contributed by atoms with Crippen molar-refractivity contribution in [3.8, 4) is 0 Å².